The van der Waals surface area contributed by atoms with E-state index in [0.29, 0.717) is 28.3 Å². The van der Waals surface area contributed by atoms with Gasteiger partial charge in [-0.1, -0.05) is 0 Å². The summed E-state index contributed by atoms with van der Waals surface area (Å²) >= 11 is 0. The Balaban J connectivity index is 2.32. The maximum Gasteiger partial charge on any atom is 0.260 e. The van der Waals surface area contributed by atoms with Crippen LogP contribution in [-0.4, -0.2) is 20.1 Å². The van der Waals surface area contributed by atoms with Crippen molar-refractivity contribution in [3.8, 4) is 11.8 Å². The third kappa shape index (κ3) is 2.95. The Bertz CT molecular complexity index is 702. The van der Waals surface area contributed by atoms with Crippen molar-refractivity contribution in [2.75, 3.05) is 24.8 Å². The number of hydrogen-bond donors (Lipinski definition) is 1. The van der Waals surface area contributed by atoms with Crippen LogP contribution in [0.2, 0.25) is 0 Å². The van der Waals surface area contributed by atoms with Crippen LogP contribution in [0.25, 0.3) is 0 Å². The lowest BCUT2D eigenvalue weighted by Crippen LogP contribution is -2.27. The predicted octanol–water partition coefficient (Wildman–Crippen LogP) is 2.43. The van der Waals surface area contributed by atoms with Crippen molar-refractivity contribution in [1.82, 2.24) is 0 Å². The van der Waals surface area contributed by atoms with Gasteiger partial charge in [-0.15, -0.1) is 0 Å². The summed E-state index contributed by atoms with van der Waals surface area (Å²) < 4.78 is 5.11. The van der Waals surface area contributed by atoms with Crippen LogP contribution in [0.15, 0.2) is 42.5 Å². The van der Waals surface area contributed by atoms with E-state index in [2.05, 4.69) is 0 Å². The summed E-state index contributed by atoms with van der Waals surface area (Å²) in [6, 6.07) is 13.7. The summed E-state index contributed by atoms with van der Waals surface area (Å²) in [4.78, 5) is 14.0. The third-order valence-corrected chi connectivity index (χ3v) is 3.18. The first-order chi connectivity index (χ1) is 10.1. The van der Waals surface area contributed by atoms with E-state index in [4.69, 9.17) is 15.7 Å². The van der Waals surface area contributed by atoms with Gasteiger partial charge in [0, 0.05) is 18.4 Å². The zero-order chi connectivity index (χ0) is 15.4. The van der Waals surface area contributed by atoms with E-state index in [9.17, 15) is 4.79 Å². The number of carbonyl (C=O) groups is 1. The van der Waals surface area contributed by atoms with E-state index in [1.54, 1.807) is 49.5 Å². The van der Waals surface area contributed by atoms with Gasteiger partial charge in [0.15, 0.2) is 0 Å². The van der Waals surface area contributed by atoms with E-state index in [-0.39, 0.29) is 5.91 Å². The monoisotopic (exact) mass is 281 g/mol. The van der Waals surface area contributed by atoms with Crippen molar-refractivity contribution < 1.29 is 9.53 Å². The molecule has 0 saturated heterocycles. The third-order valence-electron chi connectivity index (χ3n) is 3.18. The van der Waals surface area contributed by atoms with Crippen LogP contribution in [-0.2, 0) is 0 Å². The molecule has 2 aromatic carbocycles. The van der Waals surface area contributed by atoms with Crippen molar-refractivity contribution in [1.29, 1.82) is 5.26 Å². The average Bonchev–Trinajstić information content (AvgIpc) is 2.54. The molecule has 0 fully saturated rings. The van der Waals surface area contributed by atoms with Gasteiger partial charge in [0.05, 0.1) is 24.3 Å². The van der Waals surface area contributed by atoms with E-state index in [1.165, 1.54) is 12.0 Å². The largest absolute Gasteiger partial charge is 0.497 e. The molecule has 2 aromatic rings. The number of benzene rings is 2. The van der Waals surface area contributed by atoms with Gasteiger partial charge in [-0.2, -0.15) is 5.26 Å². The van der Waals surface area contributed by atoms with Crippen LogP contribution in [0, 0.1) is 11.3 Å². The maximum absolute atomic E-state index is 12.5. The molecule has 0 aromatic heterocycles. The van der Waals surface area contributed by atoms with Crippen molar-refractivity contribution in [2.45, 2.75) is 0 Å². The summed E-state index contributed by atoms with van der Waals surface area (Å²) in [6.45, 7) is 0. The van der Waals surface area contributed by atoms with Crippen LogP contribution in [0.3, 0.4) is 0 Å². The minimum Gasteiger partial charge on any atom is -0.497 e. The first-order valence-electron chi connectivity index (χ1n) is 6.28. The number of hydrogen-bond acceptors (Lipinski definition) is 4. The fourth-order valence-corrected chi connectivity index (χ4v) is 1.91. The molecule has 0 aliphatic carbocycles. The molecule has 5 nitrogen and oxygen atoms in total. The second-order valence-electron chi connectivity index (χ2n) is 4.48. The minimum absolute atomic E-state index is 0.240. The Labute approximate surface area is 123 Å². The highest BCUT2D eigenvalue weighted by Crippen LogP contribution is 2.23. The van der Waals surface area contributed by atoms with E-state index in [1.807, 2.05) is 6.07 Å². The summed E-state index contributed by atoms with van der Waals surface area (Å²) in [5.74, 6) is 0.330. The minimum atomic E-state index is -0.240. The van der Waals surface area contributed by atoms with Crippen LogP contribution < -0.4 is 15.4 Å². The first-order valence-corrected chi connectivity index (χ1v) is 6.28. The molecule has 0 aliphatic rings. The van der Waals surface area contributed by atoms with E-state index in [0.717, 1.165) is 0 Å². The number of methoxy groups -OCH3 is 1. The van der Waals surface area contributed by atoms with Gasteiger partial charge in [0.2, 0.25) is 0 Å². The highest BCUT2D eigenvalue weighted by Gasteiger charge is 2.17. The summed E-state index contributed by atoms with van der Waals surface area (Å²) in [5, 5.41) is 8.79. The Morgan fingerprint density at radius 2 is 1.90 bits per heavy atom. The van der Waals surface area contributed by atoms with Crippen LogP contribution in [0.4, 0.5) is 11.4 Å². The molecular formula is C16H15N3O2. The number of nitrogens with zero attached hydrogens (tertiary/aromatic N) is 2. The molecule has 2 rings (SSSR count). The molecule has 5 heteroatoms. The van der Waals surface area contributed by atoms with Gasteiger partial charge in [0.1, 0.15) is 5.75 Å². The molecule has 0 aliphatic heterocycles. The number of nitrogen functional groups attached to an aromatic ring is 1. The van der Waals surface area contributed by atoms with Gasteiger partial charge >= 0.3 is 0 Å². The maximum atomic E-state index is 12.5. The van der Waals surface area contributed by atoms with Crippen molar-refractivity contribution in [3.05, 3.63) is 53.6 Å². The van der Waals surface area contributed by atoms with Crippen molar-refractivity contribution in [2.24, 2.45) is 0 Å². The Kier molecular flexibility index (Phi) is 4.10. The number of rotatable bonds is 3. The highest BCUT2D eigenvalue weighted by molar-refractivity contribution is 6.09. The second kappa shape index (κ2) is 5.97. The molecule has 2 N–H and O–H groups in total. The number of amides is 1. The lowest BCUT2D eigenvalue weighted by molar-refractivity contribution is 0.0993. The number of anilines is 2. The molecule has 106 valence electrons. The normalized spacial score (nSPS) is 9.76. The fourth-order valence-electron chi connectivity index (χ4n) is 1.91. The molecule has 0 heterocycles. The molecular weight excluding hydrogens is 266 g/mol. The molecule has 0 radical (unpaired) electrons. The molecule has 0 bridgehead atoms. The van der Waals surface area contributed by atoms with Gasteiger partial charge in [0.25, 0.3) is 5.91 Å². The summed E-state index contributed by atoms with van der Waals surface area (Å²) in [5.41, 5.74) is 7.85. The van der Waals surface area contributed by atoms with Crippen molar-refractivity contribution in [3.63, 3.8) is 0 Å². The first kappa shape index (κ1) is 14.4. The van der Waals surface area contributed by atoms with E-state index >= 15 is 0 Å². The lowest BCUT2D eigenvalue weighted by Gasteiger charge is -2.18. The number of ether oxygens (including phenoxy) is 1. The van der Waals surface area contributed by atoms with Gasteiger partial charge in [-0.05, 0) is 42.5 Å². The standard InChI is InChI=1S/C16H15N3O2/c1-19(12-5-3-11(10-17)4-6-12)16(20)14-9-13(21-2)7-8-15(14)18/h3-9H,18H2,1-2H3. The second-order valence-corrected chi connectivity index (χ2v) is 4.48. The Hall–Kier alpha value is -3.00. The predicted molar refractivity (Wildman–Crippen MR) is 81.3 cm³/mol. The van der Waals surface area contributed by atoms with Crippen LogP contribution in [0.1, 0.15) is 15.9 Å². The zero-order valence-corrected chi connectivity index (χ0v) is 11.8. The topological polar surface area (TPSA) is 79.3 Å². The van der Waals surface area contributed by atoms with Gasteiger partial charge < -0.3 is 15.4 Å². The number of carbonyl (C=O) groups excluding carboxylic acids is 1. The highest BCUT2D eigenvalue weighted by atomic mass is 16.5. The molecule has 0 atom stereocenters. The van der Waals surface area contributed by atoms with Gasteiger partial charge in [-0.3, -0.25) is 4.79 Å². The smallest absolute Gasteiger partial charge is 0.260 e. The van der Waals surface area contributed by atoms with Crippen LogP contribution in [0.5, 0.6) is 5.75 Å². The lowest BCUT2D eigenvalue weighted by atomic mass is 10.1. The van der Waals surface area contributed by atoms with Gasteiger partial charge in [-0.25, -0.2) is 0 Å². The number of nitrogens with two attached hydrogens (primary N) is 1. The quantitative estimate of drug-likeness (QED) is 0.876. The molecule has 0 spiro atoms. The van der Waals surface area contributed by atoms with Crippen molar-refractivity contribution >= 4 is 17.3 Å². The SMILES string of the molecule is COc1ccc(N)c(C(=O)N(C)c2ccc(C#N)cc2)c1. The Morgan fingerprint density at radius 3 is 2.48 bits per heavy atom. The zero-order valence-electron chi connectivity index (χ0n) is 11.8. The van der Waals surface area contributed by atoms with Crippen LogP contribution >= 0.6 is 0 Å². The summed E-state index contributed by atoms with van der Waals surface area (Å²) in [6.07, 6.45) is 0. The molecule has 0 unspecified atom stereocenters. The van der Waals surface area contributed by atoms with E-state index < -0.39 is 0 Å². The molecule has 1 amide bonds. The molecule has 21 heavy (non-hydrogen) atoms. The molecule has 0 saturated carbocycles. The Morgan fingerprint density at radius 1 is 1.24 bits per heavy atom. The fraction of sp³-hybridized carbons (Fsp3) is 0.125. The summed E-state index contributed by atoms with van der Waals surface area (Å²) in [7, 11) is 3.19. The number of nitriles is 1. The average molecular weight is 281 g/mol.